The van der Waals surface area contributed by atoms with Crippen LogP contribution < -0.4 is 5.32 Å². The van der Waals surface area contributed by atoms with Gasteiger partial charge >= 0.3 is 0 Å². The van der Waals surface area contributed by atoms with Gasteiger partial charge in [-0.05, 0) is 49.4 Å². The standard InChI is InChI=1S/C14H21F2NO/c1-9-6-11(3)12(7-10(9)2)8-17-13(4-5-18)14(15)16/h6-7,13-14,17-18H,4-5,8H2,1-3H3/t13-/m0/s1. The van der Waals surface area contributed by atoms with Gasteiger partial charge in [-0.2, -0.15) is 0 Å². The third-order valence-corrected chi connectivity index (χ3v) is 3.25. The fourth-order valence-electron chi connectivity index (χ4n) is 1.91. The second kappa shape index (κ2) is 6.81. The molecule has 0 bridgehead atoms. The fourth-order valence-corrected chi connectivity index (χ4v) is 1.91. The Balaban J connectivity index is 2.70. The van der Waals surface area contributed by atoms with Gasteiger partial charge in [0.15, 0.2) is 0 Å². The molecule has 1 aromatic rings. The molecule has 0 aliphatic carbocycles. The summed E-state index contributed by atoms with van der Waals surface area (Å²) in [6.07, 6.45) is -2.38. The van der Waals surface area contributed by atoms with E-state index in [9.17, 15) is 8.78 Å². The lowest BCUT2D eigenvalue weighted by Crippen LogP contribution is -2.36. The highest BCUT2D eigenvalue weighted by Gasteiger charge is 2.19. The van der Waals surface area contributed by atoms with Crippen molar-refractivity contribution in [3.05, 3.63) is 34.4 Å². The van der Waals surface area contributed by atoms with Gasteiger partial charge in [0.2, 0.25) is 0 Å². The Morgan fingerprint density at radius 1 is 1.11 bits per heavy atom. The van der Waals surface area contributed by atoms with Crippen molar-refractivity contribution in [2.75, 3.05) is 6.61 Å². The van der Waals surface area contributed by atoms with Gasteiger partial charge in [-0.25, -0.2) is 8.78 Å². The number of hydrogen-bond donors (Lipinski definition) is 2. The molecule has 102 valence electrons. The van der Waals surface area contributed by atoms with Crippen LogP contribution in [0.2, 0.25) is 0 Å². The van der Waals surface area contributed by atoms with Gasteiger partial charge in [0.25, 0.3) is 6.43 Å². The van der Waals surface area contributed by atoms with Gasteiger partial charge in [-0.3, -0.25) is 0 Å². The summed E-state index contributed by atoms with van der Waals surface area (Å²) in [6.45, 7) is 6.20. The lowest BCUT2D eigenvalue weighted by Gasteiger charge is -2.18. The van der Waals surface area contributed by atoms with Crippen LogP contribution in [0.4, 0.5) is 8.78 Å². The molecule has 0 heterocycles. The van der Waals surface area contributed by atoms with Crippen molar-refractivity contribution in [2.24, 2.45) is 0 Å². The average molecular weight is 257 g/mol. The largest absolute Gasteiger partial charge is 0.396 e. The molecule has 0 aliphatic rings. The molecule has 2 nitrogen and oxygen atoms in total. The Kier molecular flexibility index (Phi) is 5.69. The van der Waals surface area contributed by atoms with Gasteiger partial charge < -0.3 is 10.4 Å². The van der Waals surface area contributed by atoms with E-state index in [1.807, 2.05) is 26.8 Å². The predicted octanol–water partition coefficient (Wildman–Crippen LogP) is 2.72. The fraction of sp³-hybridized carbons (Fsp3) is 0.571. The molecule has 0 unspecified atom stereocenters. The summed E-state index contributed by atoms with van der Waals surface area (Å²) in [4.78, 5) is 0. The highest BCUT2D eigenvalue weighted by molar-refractivity contribution is 5.36. The molecule has 0 spiro atoms. The Morgan fingerprint density at radius 3 is 2.28 bits per heavy atom. The van der Waals surface area contributed by atoms with Crippen molar-refractivity contribution in [3.63, 3.8) is 0 Å². The Morgan fingerprint density at radius 2 is 1.72 bits per heavy atom. The smallest absolute Gasteiger partial charge is 0.253 e. The first-order valence-corrected chi connectivity index (χ1v) is 6.14. The van der Waals surface area contributed by atoms with Crippen LogP contribution in [0.5, 0.6) is 0 Å². The van der Waals surface area contributed by atoms with E-state index in [4.69, 9.17) is 5.11 Å². The van der Waals surface area contributed by atoms with Crippen molar-refractivity contribution < 1.29 is 13.9 Å². The number of benzene rings is 1. The maximum atomic E-state index is 12.7. The quantitative estimate of drug-likeness (QED) is 0.821. The number of nitrogens with one attached hydrogen (secondary N) is 1. The highest BCUT2D eigenvalue weighted by Crippen LogP contribution is 2.16. The van der Waals surface area contributed by atoms with E-state index in [2.05, 4.69) is 11.4 Å². The van der Waals surface area contributed by atoms with Crippen LogP contribution in [-0.2, 0) is 6.54 Å². The minimum atomic E-state index is -2.45. The van der Waals surface area contributed by atoms with E-state index in [1.54, 1.807) is 0 Å². The summed E-state index contributed by atoms with van der Waals surface area (Å²) in [5, 5.41) is 11.6. The number of aryl methyl sites for hydroxylation is 3. The molecule has 1 aromatic carbocycles. The number of aliphatic hydroxyl groups excluding tert-OH is 1. The van der Waals surface area contributed by atoms with Gasteiger partial charge in [0.05, 0.1) is 6.04 Å². The van der Waals surface area contributed by atoms with Gasteiger partial charge in [-0.1, -0.05) is 12.1 Å². The van der Waals surface area contributed by atoms with Crippen LogP contribution in [0.15, 0.2) is 12.1 Å². The molecule has 0 fully saturated rings. The van der Waals surface area contributed by atoms with Crippen LogP contribution in [-0.4, -0.2) is 24.2 Å². The average Bonchev–Trinajstić information content (AvgIpc) is 2.30. The maximum Gasteiger partial charge on any atom is 0.253 e. The summed E-state index contributed by atoms with van der Waals surface area (Å²) in [5.74, 6) is 0. The Labute approximate surface area is 107 Å². The minimum Gasteiger partial charge on any atom is -0.396 e. The number of halogens is 2. The molecule has 1 atom stereocenters. The number of aliphatic hydroxyl groups is 1. The second-order valence-electron chi connectivity index (χ2n) is 4.70. The molecule has 0 saturated heterocycles. The lowest BCUT2D eigenvalue weighted by atomic mass is 10.0. The van der Waals surface area contributed by atoms with Crippen LogP contribution in [0.3, 0.4) is 0 Å². The van der Waals surface area contributed by atoms with Crippen molar-refractivity contribution >= 4 is 0 Å². The zero-order chi connectivity index (χ0) is 13.7. The van der Waals surface area contributed by atoms with Crippen molar-refractivity contribution in [1.82, 2.24) is 5.32 Å². The molecule has 18 heavy (non-hydrogen) atoms. The van der Waals surface area contributed by atoms with Crippen molar-refractivity contribution in [3.8, 4) is 0 Å². The zero-order valence-corrected chi connectivity index (χ0v) is 11.1. The third kappa shape index (κ3) is 4.03. The van der Waals surface area contributed by atoms with Crippen molar-refractivity contribution in [2.45, 2.75) is 46.2 Å². The van der Waals surface area contributed by atoms with Crippen LogP contribution in [0.25, 0.3) is 0 Å². The summed E-state index contributed by atoms with van der Waals surface area (Å²) < 4.78 is 25.3. The highest BCUT2D eigenvalue weighted by atomic mass is 19.3. The lowest BCUT2D eigenvalue weighted by molar-refractivity contribution is 0.0826. The first-order valence-electron chi connectivity index (χ1n) is 6.14. The molecular weight excluding hydrogens is 236 g/mol. The first-order chi connectivity index (χ1) is 8.45. The molecule has 0 aromatic heterocycles. The normalized spacial score (nSPS) is 13.1. The third-order valence-electron chi connectivity index (χ3n) is 3.25. The molecule has 2 N–H and O–H groups in total. The Bertz CT molecular complexity index is 394. The monoisotopic (exact) mass is 257 g/mol. The van der Waals surface area contributed by atoms with Gasteiger partial charge in [-0.15, -0.1) is 0 Å². The Hall–Kier alpha value is -1.00. The van der Waals surface area contributed by atoms with E-state index in [0.29, 0.717) is 6.54 Å². The SMILES string of the molecule is Cc1cc(C)c(CN[C@@H](CCO)C(F)F)cc1C. The summed E-state index contributed by atoms with van der Waals surface area (Å²) >= 11 is 0. The molecule has 0 aliphatic heterocycles. The predicted molar refractivity (Wildman–Crippen MR) is 69.0 cm³/mol. The number of alkyl halides is 2. The van der Waals surface area contributed by atoms with E-state index < -0.39 is 12.5 Å². The van der Waals surface area contributed by atoms with Crippen molar-refractivity contribution in [1.29, 1.82) is 0 Å². The molecule has 0 radical (unpaired) electrons. The van der Waals surface area contributed by atoms with E-state index in [1.165, 1.54) is 5.56 Å². The van der Waals surface area contributed by atoms with Gasteiger partial charge in [0.1, 0.15) is 0 Å². The van der Waals surface area contributed by atoms with Crippen LogP contribution >= 0.6 is 0 Å². The maximum absolute atomic E-state index is 12.7. The topological polar surface area (TPSA) is 32.3 Å². The molecule has 0 saturated carbocycles. The molecule has 1 rings (SSSR count). The van der Waals surface area contributed by atoms with E-state index >= 15 is 0 Å². The number of hydrogen-bond acceptors (Lipinski definition) is 2. The number of rotatable bonds is 6. The first kappa shape index (κ1) is 15.1. The van der Waals surface area contributed by atoms with E-state index in [0.717, 1.165) is 16.7 Å². The molecular formula is C14H21F2NO. The molecule has 4 heteroatoms. The minimum absolute atomic E-state index is 0.0710. The van der Waals surface area contributed by atoms with Crippen LogP contribution in [0, 0.1) is 20.8 Å². The summed E-state index contributed by atoms with van der Waals surface area (Å²) in [6, 6.07) is 3.14. The summed E-state index contributed by atoms with van der Waals surface area (Å²) in [5.41, 5.74) is 4.49. The molecule has 0 amide bonds. The zero-order valence-electron chi connectivity index (χ0n) is 11.1. The van der Waals surface area contributed by atoms with E-state index in [-0.39, 0.29) is 13.0 Å². The van der Waals surface area contributed by atoms with Crippen LogP contribution in [0.1, 0.15) is 28.7 Å². The second-order valence-corrected chi connectivity index (χ2v) is 4.70. The van der Waals surface area contributed by atoms with Gasteiger partial charge in [0, 0.05) is 13.2 Å². The summed E-state index contributed by atoms with van der Waals surface area (Å²) in [7, 11) is 0.